The number of carbonyl (C=O) groups is 1. The first-order valence-electron chi connectivity index (χ1n) is 6.57. The zero-order valence-electron chi connectivity index (χ0n) is 11.6. The van der Waals surface area contributed by atoms with E-state index in [2.05, 4.69) is 29.6 Å². The molecule has 1 aromatic heterocycles. The molecule has 102 valence electrons. The lowest BCUT2D eigenvalue weighted by Crippen LogP contribution is -2.29. The number of hydrogen-bond acceptors (Lipinski definition) is 3. The first-order chi connectivity index (χ1) is 8.58. The van der Waals surface area contributed by atoms with Crippen LogP contribution in [0.3, 0.4) is 0 Å². The molecule has 0 radical (unpaired) electrons. The maximum Gasteiger partial charge on any atom is 0.220 e. The fraction of sp³-hybridized carbons (Fsp3) is 0.692. The van der Waals surface area contributed by atoms with Gasteiger partial charge in [0.2, 0.25) is 5.91 Å². The highest BCUT2D eigenvalue weighted by atomic mass is 16.1. The molecule has 5 heteroatoms. The van der Waals surface area contributed by atoms with Crippen LogP contribution < -0.4 is 10.6 Å². The Morgan fingerprint density at radius 1 is 1.44 bits per heavy atom. The smallest absolute Gasteiger partial charge is 0.220 e. The Bertz CT molecular complexity index is 360. The third-order valence-corrected chi connectivity index (χ3v) is 2.56. The van der Waals surface area contributed by atoms with Crippen molar-refractivity contribution in [2.24, 2.45) is 0 Å². The Balaban J connectivity index is 2.03. The van der Waals surface area contributed by atoms with Gasteiger partial charge in [-0.3, -0.25) is 9.48 Å². The Kier molecular flexibility index (Phi) is 6.43. The molecule has 18 heavy (non-hydrogen) atoms. The number of nitrogens with one attached hydrogen (secondary N) is 2. The van der Waals surface area contributed by atoms with Crippen LogP contribution in [0.4, 0.5) is 0 Å². The van der Waals surface area contributed by atoms with Crippen LogP contribution in [0.2, 0.25) is 0 Å². The van der Waals surface area contributed by atoms with Crippen molar-refractivity contribution in [3.05, 3.63) is 18.0 Å². The summed E-state index contributed by atoms with van der Waals surface area (Å²) in [5.41, 5.74) is 1.14. The summed E-state index contributed by atoms with van der Waals surface area (Å²) in [6, 6.07) is 0.483. The third-order valence-electron chi connectivity index (χ3n) is 2.56. The van der Waals surface area contributed by atoms with Crippen molar-refractivity contribution < 1.29 is 4.79 Å². The van der Waals surface area contributed by atoms with Crippen LogP contribution in [0.15, 0.2) is 12.4 Å². The number of amides is 1. The van der Waals surface area contributed by atoms with Crippen LogP contribution in [0.5, 0.6) is 0 Å². The first-order valence-corrected chi connectivity index (χ1v) is 6.57. The maximum absolute atomic E-state index is 11.5. The second kappa shape index (κ2) is 7.87. The van der Waals surface area contributed by atoms with Crippen LogP contribution in [0.1, 0.15) is 32.3 Å². The van der Waals surface area contributed by atoms with E-state index >= 15 is 0 Å². The van der Waals surface area contributed by atoms with Gasteiger partial charge in [0.15, 0.2) is 0 Å². The molecular weight excluding hydrogens is 228 g/mol. The van der Waals surface area contributed by atoms with E-state index in [1.807, 2.05) is 24.0 Å². The van der Waals surface area contributed by atoms with E-state index in [9.17, 15) is 4.79 Å². The summed E-state index contributed by atoms with van der Waals surface area (Å²) in [6.45, 7) is 8.47. The highest BCUT2D eigenvalue weighted by Crippen LogP contribution is 1.93. The number of aryl methyl sites for hydroxylation is 1. The van der Waals surface area contributed by atoms with Gasteiger partial charge in [-0.15, -0.1) is 0 Å². The van der Waals surface area contributed by atoms with Gasteiger partial charge in [-0.1, -0.05) is 13.8 Å². The normalized spacial score (nSPS) is 10.9. The highest BCUT2D eigenvalue weighted by molar-refractivity contribution is 5.75. The molecule has 1 rings (SSSR count). The maximum atomic E-state index is 11.5. The van der Waals surface area contributed by atoms with Gasteiger partial charge < -0.3 is 10.6 Å². The monoisotopic (exact) mass is 252 g/mol. The number of hydrogen-bond donors (Lipinski definition) is 2. The molecule has 0 fully saturated rings. The van der Waals surface area contributed by atoms with Gasteiger partial charge in [-0.05, 0) is 25.5 Å². The molecular formula is C13H24N4O. The molecule has 0 saturated heterocycles. The van der Waals surface area contributed by atoms with Crippen molar-refractivity contribution in [2.45, 2.75) is 46.2 Å². The molecule has 1 aromatic rings. The predicted molar refractivity (Wildman–Crippen MR) is 72.3 cm³/mol. The van der Waals surface area contributed by atoms with E-state index in [0.717, 1.165) is 25.1 Å². The summed E-state index contributed by atoms with van der Waals surface area (Å²) in [7, 11) is 0. The van der Waals surface area contributed by atoms with E-state index < -0.39 is 0 Å². The zero-order chi connectivity index (χ0) is 13.4. The number of rotatable bonds is 8. The van der Waals surface area contributed by atoms with Crippen LogP contribution in [-0.2, 0) is 11.3 Å². The summed E-state index contributed by atoms with van der Waals surface area (Å²) >= 11 is 0. The average Bonchev–Trinajstić information content (AvgIpc) is 2.70. The number of carbonyl (C=O) groups excluding carboxylic acids is 1. The second-order valence-corrected chi connectivity index (χ2v) is 4.84. The highest BCUT2D eigenvalue weighted by Gasteiger charge is 2.01. The molecule has 0 atom stereocenters. The summed E-state index contributed by atoms with van der Waals surface area (Å²) in [5, 5.41) is 10.4. The molecule has 5 nitrogen and oxygen atoms in total. The van der Waals surface area contributed by atoms with Crippen LogP contribution in [-0.4, -0.2) is 34.8 Å². The summed E-state index contributed by atoms with van der Waals surface area (Å²) < 4.78 is 1.84. The van der Waals surface area contributed by atoms with E-state index in [0.29, 0.717) is 19.0 Å². The van der Waals surface area contributed by atoms with Gasteiger partial charge in [0, 0.05) is 25.2 Å². The van der Waals surface area contributed by atoms with Gasteiger partial charge in [0.25, 0.3) is 0 Å². The van der Waals surface area contributed by atoms with Crippen molar-refractivity contribution in [3.63, 3.8) is 0 Å². The van der Waals surface area contributed by atoms with Gasteiger partial charge in [-0.2, -0.15) is 5.10 Å². The van der Waals surface area contributed by atoms with Crippen LogP contribution in [0.25, 0.3) is 0 Å². The number of aromatic nitrogens is 2. The molecule has 0 aliphatic heterocycles. The third kappa shape index (κ3) is 6.39. The Hall–Kier alpha value is -1.36. The molecule has 1 amide bonds. The zero-order valence-corrected chi connectivity index (χ0v) is 11.6. The lowest BCUT2D eigenvalue weighted by molar-refractivity contribution is -0.121. The molecule has 0 aliphatic carbocycles. The van der Waals surface area contributed by atoms with E-state index in [-0.39, 0.29) is 5.91 Å². The molecule has 1 heterocycles. The summed E-state index contributed by atoms with van der Waals surface area (Å²) in [6.07, 6.45) is 5.25. The van der Waals surface area contributed by atoms with Crippen molar-refractivity contribution in [1.82, 2.24) is 20.4 Å². The van der Waals surface area contributed by atoms with Crippen molar-refractivity contribution in [1.29, 1.82) is 0 Å². The van der Waals surface area contributed by atoms with Gasteiger partial charge in [0.1, 0.15) is 0 Å². The minimum absolute atomic E-state index is 0.115. The van der Waals surface area contributed by atoms with Crippen molar-refractivity contribution >= 4 is 5.91 Å². The fourth-order valence-corrected chi connectivity index (χ4v) is 1.63. The minimum Gasteiger partial charge on any atom is -0.354 e. The second-order valence-electron chi connectivity index (χ2n) is 4.84. The van der Waals surface area contributed by atoms with E-state index in [1.54, 1.807) is 0 Å². The van der Waals surface area contributed by atoms with E-state index in [4.69, 9.17) is 0 Å². The Labute approximate surface area is 109 Å². The average molecular weight is 252 g/mol. The molecule has 0 spiro atoms. The quantitative estimate of drug-likeness (QED) is 0.681. The summed E-state index contributed by atoms with van der Waals surface area (Å²) in [4.78, 5) is 11.5. The summed E-state index contributed by atoms with van der Waals surface area (Å²) in [5.74, 6) is 0.115. The SMILES string of the molecule is Cc1cnn(CCNC(=O)CCCNC(C)C)c1. The molecule has 0 aromatic carbocycles. The standard InChI is InChI=1S/C13H24N4O/c1-11(2)14-6-4-5-13(18)15-7-8-17-10-12(3)9-16-17/h9-11,14H,4-8H2,1-3H3,(H,15,18). The first kappa shape index (κ1) is 14.7. The van der Waals surface area contributed by atoms with E-state index in [1.165, 1.54) is 0 Å². The Morgan fingerprint density at radius 3 is 2.83 bits per heavy atom. The Morgan fingerprint density at radius 2 is 2.22 bits per heavy atom. The van der Waals surface area contributed by atoms with Gasteiger partial charge >= 0.3 is 0 Å². The van der Waals surface area contributed by atoms with Crippen LogP contribution in [0, 0.1) is 6.92 Å². The minimum atomic E-state index is 0.115. The van der Waals surface area contributed by atoms with Crippen molar-refractivity contribution in [2.75, 3.05) is 13.1 Å². The number of nitrogens with zero attached hydrogens (tertiary/aromatic N) is 2. The molecule has 2 N–H and O–H groups in total. The van der Waals surface area contributed by atoms with Crippen molar-refractivity contribution in [3.8, 4) is 0 Å². The molecule has 0 saturated carbocycles. The lowest BCUT2D eigenvalue weighted by Gasteiger charge is -2.08. The molecule has 0 unspecified atom stereocenters. The van der Waals surface area contributed by atoms with Gasteiger partial charge in [0.05, 0.1) is 12.7 Å². The largest absolute Gasteiger partial charge is 0.354 e. The topological polar surface area (TPSA) is 59.0 Å². The predicted octanol–water partition coefficient (Wildman–Crippen LogP) is 1.09. The van der Waals surface area contributed by atoms with Gasteiger partial charge in [-0.25, -0.2) is 0 Å². The fourth-order valence-electron chi connectivity index (χ4n) is 1.63. The van der Waals surface area contributed by atoms with Crippen LogP contribution >= 0.6 is 0 Å². The molecule has 0 bridgehead atoms. The molecule has 0 aliphatic rings. The lowest BCUT2D eigenvalue weighted by atomic mass is 10.2.